The van der Waals surface area contributed by atoms with Crippen LogP contribution in [0.1, 0.15) is 38.1 Å². The number of carboxylic acids is 1. The lowest BCUT2D eigenvalue weighted by atomic mass is 9.81. The number of fused-ring (bicyclic) bond motifs is 1. The van der Waals surface area contributed by atoms with E-state index >= 15 is 0 Å². The zero-order valence-electron chi connectivity index (χ0n) is 11.8. The SMILES string of the molecule is CC(C)C(C)(C)Cn1cnc2ccc(C(=O)O)cc21. The highest BCUT2D eigenvalue weighted by atomic mass is 16.4. The van der Waals surface area contributed by atoms with E-state index in [1.165, 1.54) is 0 Å². The average Bonchev–Trinajstić information content (AvgIpc) is 2.71. The number of imidazole rings is 1. The number of aromatic carboxylic acids is 1. The molecule has 2 aromatic rings. The minimum atomic E-state index is -0.905. The molecule has 0 amide bonds. The topological polar surface area (TPSA) is 55.1 Å². The summed E-state index contributed by atoms with van der Waals surface area (Å²) in [7, 11) is 0. The lowest BCUT2D eigenvalue weighted by molar-refractivity contribution is 0.0697. The number of nitrogens with zero attached hydrogens (tertiary/aromatic N) is 2. The molecule has 0 atom stereocenters. The normalized spacial score (nSPS) is 12.3. The van der Waals surface area contributed by atoms with Crippen molar-refractivity contribution < 1.29 is 9.90 Å². The van der Waals surface area contributed by atoms with E-state index < -0.39 is 5.97 Å². The van der Waals surface area contributed by atoms with E-state index in [2.05, 4.69) is 32.7 Å². The number of hydrogen-bond donors (Lipinski definition) is 1. The molecule has 1 N–H and O–H groups in total. The third-order valence-electron chi connectivity index (χ3n) is 4.01. The Morgan fingerprint density at radius 1 is 1.42 bits per heavy atom. The summed E-state index contributed by atoms with van der Waals surface area (Å²) in [4.78, 5) is 15.4. The van der Waals surface area contributed by atoms with Crippen molar-refractivity contribution in [2.45, 2.75) is 34.2 Å². The predicted molar refractivity (Wildman–Crippen MR) is 75.3 cm³/mol. The molecule has 102 valence electrons. The fraction of sp³-hybridized carbons (Fsp3) is 0.467. The third-order valence-corrected chi connectivity index (χ3v) is 4.01. The zero-order valence-corrected chi connectivity index (χ0v) is 11.8. The molecule has 0 aliphatic rings. The molecule has 1 aromatic carbocycles. The summed E-state index contributed by atoms with van der Waals surface area (Å²) in [6.45, 7) is 9.64. The fourth-order valence-electron chi connectivity index (χ4n) is 1.94. The first kappa shape index (κ1) is 13.6. The van der Waals surface area contributed by atoms with E-state index in [0.29, 0.717) is 11.5 Å². The zero-order chi connectivity index (χ0) is 14.2. The highest BCUT2D eigenvalue weighted by Gasteiger charge is 2.23. The Bertz CT molecular complexity index is 612. The number of aromatic nitrogens is 2. The van der Waals surface area contributed by atoms with Gasteiger partial charge in [0.2, 0.25) is 0 Å². The van der Waals surface area contributed by atoms with E-state index in [1.54, 1.807) is 24.5 Å². The van der Waals surface area contributed by atoms with Gasteiger partial charge in [0.25, 0.3) is 0 Å². The molecule has 1 aromatic heterocycles. The molecule has 0 bridgehead atoms. The molecule has 0 spiro atoms. The van der Waals surface area contributed by atoms with Crippen LogP contribution in [0.2, 0.25) is 0 Å². The molecule has 1 heterocycles. The first-order valence-corrected chi connectivity index (χ1v) is 6.49. The Morgan fingerprint density at radius 2 is 2.11 bits per heavy atom. The van der Waals surface area contributed by atoms with Gasteiger partial charge >= 0.3 is 5.97 Å². The number of rotatable bonds is 4. The van der Waals surface area contributed by atoms with Gasteiger partial charge in [-0.1, -0.05) is 27.7 Å². The second-order valence-electron chi connectivity index (χ2n) is 6.02. The third kappa shape index (κ3) is 2.62. The lowest BCUT2D eigenvalue weighted by Crippen LogP contribution is -2.25. The van der Waals surface area contributed by atoms with E-state index in [-0.39, 0.29) is 5.41 Å². The lowest BCUT2D eigenvalue weighted by Gasteiger charge is -2.29. The van der Waals surface area contributed by atoms with Crippen LogP contribution < -0.4 is 0 Å². The summed E-state index contributed by atoms with van der Waals surface area (Å²) in [5.74, 6) is -0.370. The largest absolute Gasteiger partial charge is 0.478 e. The molecule has 0 fully saturated rings. The maximum atomic E-state index is 11.0. The number of carboxylic acid groups (broad SMARTS) is 1. The van der Waals surface area contributed by atoms with Gasteiger partial charge in [0.15, 0.2) is 0 Å². The minimum Gasteiger partial charge on any atom is -0.478 e. The Labute approximate surface area is 113 Å². The predicted octanol–water partition coefficient (Wildman–Crippen LogP) is 3.42. The summed E-state index contributed by atoms with van der Waals surface area (Å²) < 4.78 is 2.04. The van der Waals surface area contributed by atoms with E-state index in [4.69, 9.17) is 5.11 Å². The van der Waals surface area contributed by atoms with Gasteiger partial charge in [-0.15, -0.1) is 0 Å². The Morgan fingerprint density at radius 3 is 2.68 bits per heavy atom. The standard InChI is InChI=1S/C15H20N2O2/c1-10(2)15(3,4)8-17-9-16-12-6-5-11(14(18)19)7-13(12)17/h5-7,9-10H,8H2,1-4H3,(H,18,19). The molecule has 19 heavy (non-hydrogen) atoms. The summed E-state index contributed by atoms with van der Waals surface area (Å²) in [6.07, 6.45) is 1.79. The van der Waals surface area contributed by atoms with Crippen molar-refractivity contribution in [3.8, 4) is 0 Å². The van der Waals surface area contributed by atoms with Gasteiger partial charge in [-0.25, -0.2) is 9.78 Å². The van der Waals surface area contributed by atoms with Crippen LogP contribution in [0, 0.1) is 11.3 Å². The van der Waals surface area contributed by atoms with Gasteiger partial charge in [0, 0.05) is 6.54 Å². The van der Waals surface area contributed by atoms with Crippen molar-refractivity contribution in [2.24, 2.45) is 11.3 Å². The molecule has 0 radical (unpaired) electrons. The molecule has 0 unspecified atom stereocenters. The highest BCUT2D eigenvalue weighted by Crippen LogP contribution is 2.29. The molecular formula is C15H20N2O2. The van der Waals surface area contributed by atoms with Crippen LogP contribution in [0.15, 0.2) is 24.5 Å². The van der Waals surface area contributed by atoms with Crippen LogP contribution in [0.5, 0.6) is 0 Å². The van der Waals surface area contributed by atoms with Gasteiger partial charge < -0.3 is 9.67 Å². The number of carbonyl (C=O) groups is 1. The van der Waals surface area contributed by atoms with Crippen LogP contribution in [0.25, 0.3) is 11.0 Å². The second kappa shape index (κ2) is 4.68. The summed E-state index contributed by atoms with van der Waals surface area (Å²) in [5.41, 5.74) is 2.15. The Hall–Kier alpha value is -1.84. The Balaban J connectivity index is 2.44. The monoisotopic (exact) mass is 260 g/mol. The number of benzene rings is 1. The van der Waals surface area contributed by atoms with Gasteiger partial charge in [0.1, 0.15) is 0 Å². The molecule has 4 heteroatoms. The van der Waals surface area contributed by atoms with E-state index in [0.717, 1.165) is 17.6 Å². The van der Waals surface area contributed by atoms with Crippen LogP contribution >= 0.6 is 0 Å². The van der Waals surface area contributed by atoms with Gasteiger partial charge in [-0.2, -0.15) is 0 Å². The fourth-order valence-corrected chi connectivity index (χ4v) is 1.94. The highest BCUT2D eigenvalue weighted by molar-refractivity contribution is 5.92. The van der Waals surface area contributed by atoms with Crippen molar-refractivity contribution in [2.75, 3.05) is 0 Å². The van der Waals surface area contributed by atoms with E-state index in [9.17, 15) is 4.79 Å². The van der Waals surface area contributed by atoms with Crippen molar-refractivity contribution in [1.82, 2.24) is 9.55 Å². The minimum absolute atomic E-state index is 0.132. The van der Waals surface area contributed by atoms with Crippen LogP contribution in [-0.2, 0) is 6.54 Å². The Kier molecular flexibility index (Phi) is 3.35. The molecule has 0 aliphatic heterocycles. The summed E-state index contributed by atoms with van der Waals surface area (Å²) >= 11 is 0. The van der Waals surface area contributed by atoms with Crippen LogP contribution in [0.4, 0.5) is 0 Å². The molecule has 0 saturated carbocycles. The first-order valence-electron chi connectivity index (χ1n) is 6.49. The van der Waals surface area contributed by atoms with Gasteiger partial charge in [-0.05, 0) is 29.5 Å². The summed E-state index contributed by atoms with van der Waals surface area (Å²) in [6, 6.07) is 5.05. The van der Waals surface area contributed by atoms with Crippen molar-refractivity contribution >= 4 is 17.0 Å². The second-order valence-corrected chi connectivity index (χ2v) is 6.02. The molecule has 2 rings (SSSR count). The van der Waals surface area contributed by atoms with Crippen molar-refractivity contribution in [3.05, 3.63) is 30.1 Å². The first-order chi connectivity index (χ1) is 8.81. The van der Waals surface area contributed by atoms with E-state index in [1.807, 2.05) is 4.57 Å². The average molecular weight is 260 g/mol. The summed E-state index contributed by atoms with van der Waals surface area (Å²) in [5, 5.41) is 9.06. The molecule has 4 nitrogen and oxygen atoms in total. The van der Waals surface area contributed by atoms with Crippen LogP contribution in [-0.4, -0.2) is 20.6 Å². The van der Waals surface area contributed by atoms with Gasteiger partial charge in [-0.3, -0.25) is 0 Å². The van der Waals surface area contributed by atoms with Crippen molar-refractivity contribution in [1.29, 1.82) is 0 Å². The molecule has 0 aliphatic carbocycles. The maximum Gasteiger partial charge on any atom is 0.335 e. The van der Waals surface area contributed by atoms with Crippen LogP contribution in [0.3, 0.4) is 0 Å². The molecule has 0 saturated heterocycles. The smallest absolute Gasteiger partial charge is 0.335 e. The molecular weight excluding hydrogens is 240 g/mol. The maximum absolute atomic E-state index is 11.0. The quantitative estimate of drug-likeness (QED) is 0.916. The van der Waals surface area contributed by atoms with Crippen molar-refractivity contribution in [3.63, 3.8) is 0 Å². The number of hydrogen-bond acceptors (Lipinski definition) is 2. The van der Waals surface area contributed by atoms with Gasteiger partial charge in [0.05, 0.1) is 22.9 Å².